The third-order valence-electron chi connectivity index (χ3n) is 6.93. The van der Waals surface area contributed by atoms with E-state index in [2.05, 4.69) is 4.98 Å². The second-order valence-corrected chi connectivity index (χ2v) is 12.2. The van der Waals surface area contributed by atoms with E-state index in [1.165, 1.54) is 13.1 Å². The van der Waals surface area contributed by atoms with E-state index in [-0.39, 0.29) is 55.5 Å². The Morgan fingerprint density at radius 3 is 2.14 bits per heavy atom. The maximum Gasteiger partial charge on any atom is 0.338 e. The molecule has 12 nitrogen and oxygen atoms in total. The Kier molecular flexibility index (Phi) is 10.5. The minimum atomic E-state index is -3.47. The molecule has 1 aromatic heterocycles. The van der Waals surface area contributed by atoms with Gasteiger partial charge in [-0.25, -0.2) is 14.4 Å². The van der Waals surface area contributed by atoms with Crippen LogP contribution in [0.1, 0.15) is 59.2 Å². The van der Waals surface area contributed by atoms with Gasteiger partial charge in [0.2, 0.25) is 0 Å². The molecule has 0 amide bonds. The van der Waals surface area contributed by atoms with Gasteiger partial charge in [-0.2, -0.15) is 0 Å². The average Bonchev–Trinajstić information content (AvgIpc) is 3.32. The molecule has 1 aliphatic rings. The first-order valence-corrected chi connectivity index (χ1v) is 15.7. The number of ether oxygens (including phenoxy) is 3. The summed E-state index contributed by atoms with van der Waals surface area (Å²) in [6.45, 7) is 4.97. The summed E-state index contributed by atoms with van der Waals surface area (Å²) in [5, 5.41) is 0. The van der Waals surface area contributed by atoms with Crippen molar-refractivity contribution in [2.45, 2.75) is 51.5 Å². The van der Waals surface area contributed by atoms with Crippen molar-refractivity contribution in [3.8, 4) is 0 Å². The Hall–Kier alpha value is -3.83. The molecule has 1 fully saturated rings. The van der Waals surface area contributed by atoms with Gasteiger partial charge in [-0.05, 0) is 57.9 Å². The second kappa shape index (κ2) is 14.1. The molecule has 43 heavy (non-hydrogen) atoms. The monoisotopic (exact) mass is 614 g/mol. The number of carbonyl (C=O) groups is 2. The Morgan fingerprint density at radius 2 is 1.56 bits per heavy atom. The molecule has 1 N–H and O–H groups in total. The molecule has 2 heterocycles. The summed E-state index contributed by atoms with van der Waals surface area (Å²) in [5.41, 5.74) is -2.34. The summed E-state index contributed by atoms with van der Waals surface area (Å²) >= 11 is 0. The molecule has 1 saturated heterocycles. The van der Waals surface area contributed by atoms with E-state index in [1.807, 2.05) is 0 Å². The Balaban J connectivity index is 1.77. The highest BCUT2D eigenvalue weighted by molar-refractivity contribution is 7.53. The van der Waals surface area contributed by atoms with Crippen LogP contribution in [0.2, 0.25) is 0 Å². The first-order chi connectivity index (χ1) is 20.6. The van der Waals surface area contributed by atoms with Crippen LogP contribution in [0.15, 0.2) is 76.4 Å². The van der Waals surface area contributed by atoms with Gasteiger partial charge in [0.1, 0.15) is 0 Å². The minimum Gasteiger partial charge on any atom is -0.450 e. The Bertz CT molecular complexity index is 1560. The summed E-state index contributed by atoms with van der Waals surface area (Å²) < 4.78 is 43.3. The standard InChI is InChI=1S/C30H35N2O10P/c1-4-39-43(37,40-5-2)18-12-17-30(42-28(35)23-15-10-7-11-16-23)20-38-26(32-19-21(3)25(33)31-29(32)36)24(30)41-27(34)22-13-8-6-9-14-22/h6-11,13-16,19,24,26H,4-5,12,17-18,20H2,1-3H3,(H,31,33,36)/t24-,26+,30+/m0/s1. The number of nitrogens with one attached hydrogen (secondary N) is 1. The molecule has 3 atom stereocenters. The van der Waals surface area contributed by atoms with E-state index in [9.17, 15) is 23.7 Å². The molecule has 0 spiro atoms. The molecule has 0 bridgehead atoms. The third-order valence-corrected chi connectivity index (χ3v) is 9.10. The summed E-state index contributed by atoms with van der Waals surface area (Å²) in [5.74, 6) is -1.46. The van der Waals surface area contributed by atoms with Crippen molar-refractivity contribution >= 4 is 19.5 Å². The lowest BCUT2D eigenvalue weighted by Gasteiger charge is -2.35. The Morgan fingerprint density at radius 1 is 0.977 bits per heavy atom. The van der Waals surface area contributed by atoms with E-state index >= 15 is 0 Å². The van der Waals surface area contributed by atoms with E-state index in [1.54, 1.807) is 74.5 Å². The molecule has 0 radical (unpaired) electrons. The van der Waals surface area contributed by atoms with Crippen LogP contribution in [0.5, 0.6) is 0 Å². The van der Waals surface area contributed by atoms with Crippen molar-refractivity contribution in [3.63, 3.8) is 0 Å². The number of carbonyl (C=O) groups excluding carboxylic acids is 2. The van der Waals surface area contributed by atoms with Crippen molar-refractivity contribution in [1.29, 1.82) is 0 Å². The van der Waals surface area contributed by atoms with Gasteiger partial charge in [0.05, 0.1) is 37.1 Å². The normalized spacial score (nSPS) is 20.1. The molecule has 230 valence electrons. The van der Waals surface area contributed by atoms with E-state index in [0.717, 1.165) is 4.57 Å². The second-order valence-electron chi connectivity index (χ2n) is 9.97. The molecule has 1 aliphatic heterocycles. The van der Waals surface area contributed by atoms with Crippen molar-refractivity contribution < 1.29 is 37.4 Å². The van der Waals surface area contributed by atoms with Crippen LogP contribution < -0.4 is 11.2 Å². The zero-order valence-corrected chi connectivity index (χ0v) is 25.1. The zero-order valence-electron chi connectivity index (χ0n) is 24.2. The van der Waals surface area contributed by atoms with E-state index in [0.29, 0.717) is 0 Å². The molecular weight excluding hydrogens is 579 g/mol. The number of rotatable bonds is 13. The number of aryl methyl sites for hydroxylation is 1. The van der Waals surface area contributed by atoms with Crippen molar-refractivity contribution in [3.05, 3.63) is 104 Å². The van der Waals surface area contributed by atoms with Crippen molar-refractivity contribution in [1.82, 2.24) is 9.55 Å². The Labute approximate surface area is 248 Å². The fraction of sp³-hybridized carbons (Fsp3) is 0.400. The molecule has 4 rings (SSSR count). The first-order valence-electron chi connectivity index (χ1n) is 14.0. The van der Waals surface area contributed by atoms with Crippen molar-refractivity contribution in [2.24, 2.45) is 0 Å². The lowest BCUT2D eigenvalue weighted by Crippen LogP contribution is -2.50. The molecule has 2 aromatic carbocycles. The lowest BCUT2D eigenvalue weighted by atomic mass is 9.92. The van der Waals surface area contributed by atoms with Gasteiger partial charge in [-0.3, -0.25) is 18.9 Å². The molecule has 3 aromatic rings. The van der Waals surface area contributed by atoms with Gasteiger partial charge in [-0.15, -0.1) is 0 Å². The van der Waals surface area contributed by atoms with Gasteiger partial charge in [-0.1, -0.05) is 36.4 Å². The van der Waals surface area contributed by atoms with Crippen LogP contribution in [0.25, 0.3) is 0 Å². The maximum absolute atomic E-state index is 13.4. The predicted octanol–water partition coefficient (Wildman–Crippen LogP) is 4.24. The van der Waals surface area contributed by atoms with Gasteiger partial charge in [0, 0.05) is 11.8 Å². The van der Waals surface area contributed by atoms with Crippen LogP contribution >= 0.6 is 7.60 Å². The van der Waals surface area contributed by atoms with E-state index < -0.39 is 48.7 Å². The summed E-state index contributed by atoms with van der Waals surface area (Å²) in [6.07, 6.45) is -1.17. The van der Waals surface area contributed by atoms with Gasteiger partial charge in [0.15, 0.2) is 17.9 Å². The number of aromatic amines is 1. The molecule has 0 unspecified atom stereocenters. The number of hydrogen-bond donors (Lipinski definition) is 1. The average molecular weight is 615 g/mol. The maximum atomic E-state index is 13.4. The molecular formula is C30H35N2O10P. The van der Waals surface area contributed by atoms with Crippen LogP contribution in [-0.2, 0) is 27.8 Å². The van der Waals surface area contributed by atoms with Crippen LogP contribution in [0, 0.1) is 6.92 Å². The lowest BCUT2D eigenvalue weighted by molar-refractivity contribution is -0.0910. The number of hydrogen-bond acceptors (Lipinski definition) is 10. The predicted molar refractivity (Wildman–Crippen MR) is 156 cm³/mol. The van der Waals surface area contributed by atoms with Crippen LogP contribution in [0.3, 0.4) is 0 Å². The minimum absolute atomic E-state index is 0.00995. The number of nitrogens with zero attached hydrogens (tertiary/aromatic N) is 1. The van der Waals surface area contributed by atoms with Crippen molar-refractivity contribution in [2.75, 3.05) is 26.0 Å². The summed E-state index contributed by atoms with van der Waals surface area (Å²) in [4.78, 5) is 54.1. The summed E-state index contributed by atoms with van der Waals surface area (Å²) in [6, 6.07) is 16.4. The fourth-order valence-corrected chi connectivity index (χ4v) is 6.55. The zero-order chi connectivity index (χ0) is 31.0. The molecule has 0 saturated carbocycles. The van der Waals surface area contributed by atoms with Gasteiger partial charge in [0.25, 0.3) is 5.56 Å². The first kappa shape index (κ1) is 32.1. The number of aromatic nitrogens is 2. The highest BCUT2D eigenvalue weighted by Gasteiger charge is 2.56. The highest BCUT2D eigenvalue weighted by atomic mass is 31.2. The number of esters is 2. The highest BCUT2D eigenvalue weighted by Crippen LogP contribution is 2.50. The van der Waals surface area contributed by atoms with Crippen LogP contribution in [-0.4, -0.2) is 59.2 Å². The fourth-order valence-electron chi connectivity index (χ4n) is 4.88. The SMILES string of the molecule is CCOP(=O)(CCC[C@@]1(OC(=O)c2ccccc2)CO[C@@H](n2cc(C)c(=O)[nH]c2=O)[C@@H]1OC(=O)c1ccccc1)OCC. The smallest absolute Gasteiger partial charge is 0.338 e. The van der Waals surface area contributed by atoms with Gasteiger partial charge < -0.3 is 23.3 Å². The van der Waals surface area contributed by atoms with Crippen LogP contribution in [0.4, 0.5) is 0 Å². The van der Waals surface area contributed by atoms with E-state index in [4.69, 9.17) is 23.3 Å². The largest absolute Gasteiger partial charge is 0.450 e. The summed E-state index contributed by atoms with van der Waals surface area (Å²) in [7, 11) is -3.47. The molecule has 0 aliphatic carbocycles. The number of benzene rings is 2. The third kappa shape index (κ3) is 7.58. The topological polar surface area (TPSA) is 152 Å². The number of H-pyrrole nitrogens is 1. The quantitative estimate of drug-likeness (QED) is 0.219. The molecule has 13 heteroatoms. The van der Waals surface area contributed by atoms with Gasteiger partial charge >= 0.3 is 25.2 Å².